The van der Waals surface area contributed by atoms with Crippen molar-refractivity contribution in [3.05, 3.63) is 17.5 Å². The lowest BCUT2D eigenvalue weighted by atomic mass is 9.97. The number of sulfone groups is 1. The fraction of sp³-hybridized carbons (Fsp3) is 0.692. The van der Waals surface area contributed by atoms with E-state index in [9.17, 15) is 13.2 Å². The molecular weight excluding hydrogens is 294 g/mol. The third kappa shape index (κ3) is 3.82. The zero-order chi connectivity index (χ0) is 15.6. The lowest BCUT2D eigenvalue weighted by Crippen LogP contribution is -2.42. The van der Waals surface area contributed by atoms with Crippen LogP contribution in [0, 0.1) is 0 Å². The van der Waals surface area contributed by atoms with E-state index in [1.54, 1.807) is 15.8 Å². The molecule has 0 radical (unpaired) electrons. The van der Waals surface area contributed by atoms with Gasteiger partial charge in [-0.15, -0.1) is 0 Å². The molecule has 7 nitrogen and oxygen atoms in total. The number of fused-ring (bicyclic) bond motifs is 1. The van der Waals surface area contributed by atoms with Crippen LogP contribution in [0.1, 0.15) is 24.1 Å². The molecule has 0 fully saturated rings. The van der Waals surface area contributed by atoms with E-state index in [1.165, 1.54) is 0 Å². The number of hydrogen-bond donors (Lipinski definition) is 0. The van der Waals surface area contributed by atoms with Crippen molar-refractivity contribution in [1.29, 1.82) is 0 Å². The molecule has 0 spiro atoms. The predicted molar refractivity (Wildman–Crippen MR) is 77.6 cm³/mol. The second-order valence-electron chi connectivity index (χ2n) is 5.38. The number of ether oxygens (including phenoxy) is 1. The summed E-state index contributed by atoms with van der Waals surface area (Å²) in [6.45, 7) is 3.87. The standard InChI is InChI=1S/C13H21N3O4S/c1-4-20-8-11-7-16(12(17)9-21(3,18)19)6-10-5-14-15(2)13(10)11/h5,11H,4,6-9H2,1-3H3/t11-/m1/s1. The highest BCUT2D eigenvalue weighted by molar-refractivity contribution is 7.91. The minimum absolute atomic E-state index is 0.0183. The van der Waals surface area contributed by atoms with Gasteiger partial charge in [0.15, 0.2) is 9.84 Å². The maximum absolute atomic E-state index is 12.1. The van der Waals surface area contributed by atoms with Crippen molar-refractivity contribution in [3.63, 3.8) is 0 Å². The monoisotopic (exact) mass is 315 g/mol. The first-order valence-corrected chi connectivity index (χ1v) is 8.92. The quantitative estimate of drug-likeness (QED) is 0.759. The van der Waals surface area contributed by atoms with Crippen LogP contribution in [0.15, 0.2) is 6.20 Å². The molecule has 0 aliphatic carbocycles. The maximum Gasteiger partial charge on any atom is 0.238 e. The zero-order valence-corrected chi connectivity index (χ0v) is 13.4. The van der Waals surface area contributed by atoms with Gasteiger partial charge >= 0.3 is 0 Å². The van der Waals surface area contributed by atoms with Crippen molar-refractivity contribution >= 4 is 15.7 Å². The summed E-state index contributed by atoms with van der Waals surface area (Å²) in [5.41, 5.74) is 2.02. The van der Waals surface area contributed by atoms with Crippen LogP contribution < -0.4 is 0 Å². The minimum atomic E-state index is -3.32. The smallest absolute Gasteiger partial charge is 0.238 e. The Kier molecular flexibility index (Phi) is 4.67. The summed E-state index contributed by atoms with van der Waals surface area (Å²) in [6, 6.07) is 0. The molecule has 0 saturated carbocycles. The fourth-order valence-corrected chi connectivity index (χ4v) is 3.29. The predicted octanol–water partition coefficient (Wildman–Crippen LogP) is -0.0730. The Labute approximate surface area is 124 Å². The second-order valence-corrected chi connectivity index (χ2v) is 7.52. The van der Waals surface area contributed by atoms with Crippen LogP contribution in [0.2, 0.25) is 0 Å². The van der Waals surface area contributed by atoms with Crippen LogP contribution >= 0.6 is 0 Å². The number of amides is 1. The van der Waals surface area contributed by atoms with Crippen molar-refractivity contribution < 1.29 is 17.9 Å². The third-order valence-corrected chi connectivity index (χ3v) is 4.29. The van der Waals surface area contributed by atoms with Crippen LogP contribution in [0.3, 0.4) is 0 Å². The molecule has 0 bridgehead atoms. The van der Waals surface area contributed by atoms with Crippen LogP contribution in [0.25, 0.3) is 0 Å². The minimum Gasteiger partial charge on any atom is -0.381 e. The van der Waals surface area contributed by atoms with Gasteiger partial charge in [-0.3, -0.25) is 9.48 Å². The van der Waals surface area contributed by atoms with Crippen molar-refractivity contribution in [2.45, 2.75) is 19.4 Å². The average Bonchev–Trinajstić information content (AvgIpc) is 2.76. The summed E-state index contributed by atoms with van der Waals surface area (Å²) >= 11 is 0. The maximum atomic E-state index is 12.1. The summed E-state index contributed by atoms with van der Waals surface area (Å²) in [4.78, 5) is 13.7. The highest BCUT2D eigenvalue weighted by Crippen LogP contribution is 2.28. The van der Waals surface area contributed by atoms with E-state index in [0.717, 1.165) is 17.5 Å². The Morgan fingerprint density at radius 1 is 1.52 bits per heavy atom. The topological polar surface area (TPSA) is 81.5 Å². The molecule has 2 heterocycles. The van der Waals surface area contributed by atoms with E-state index >= 15 is 0 Å². The summed E-state index contributed by atoms with van der Waals surface area (Å²) < 4.78 is 29.9. The van der Waals surface area contributed by atoms with Crippen molar-refractivity contribution in [3.8, 4) is 0 Å². The van der Waals surface area contributed by atoms with Gasteiger partial charge in [-0.05, 0) is 6.92 Å². The highest BCUT2D eigenvalue weighted by Gasteiger charge is 2.32. The zero-order valence-electron chi connectivity index (χ0n) is 12.6. The van der Waals surface area contributed by atoms with Crippen molar-refractivity contribution in [2.75, 3.05) is 31.8 Å². The third-order valence-electron chi connectivity index (χ3n) is 3.51. The largest absolute Gasteiger partial charge is 0.381 e. The first-order chi connectivity index (χ1) is 9.81. The normalized spacial score (nSPS) is 18.6. The molecule has 118 valence electrons. The van der Waals surface area contributed by atoms with Gasteiger partial charge in [0.25, 0.3) is 0 Å². The molecule has 0 saturated heterocycles. The van der Waals surface area contributed by atoms with Gasteiger partial charge < -0.3 is 9.64 Å². The van der Waals surface area contributed by atoms with Gasteiger partial charge in [0.1, 0.15) is 5.75 Å². The molecular formula is C13H21N3O4S. The molecule has 1 aromatic rings. The molecule has 1 atom stereocenters. The van der Waals surface area contributed by atoms with E-state index in [2.05, 4.69) is 5.10 Å². The Bertz CT molecular complexity index is 623. The fourth-order valence-electron chi connectivity index (χ4n) is 2.66. The van der Waals surface area contributed by atoms with E-state index in [1.807, 2.05) is 14.0 Å². The number of aryl methyl sites for hydroxylation is 1. The van der Waals surface area contributed by atoms with Crippen LogP contribution in [0.4, 0.5) is 0 Å². The van der Waals surface area contributed by atoms with Crippen molar-refractivity contribution in [2.24, 2.45) is 7.05 Å². The lowest BCUT2D eigenvalue weighted by molar-refractivity contribution is -0.130. The van der Waals surface area contributed by atoms with Gasteiger partial charge in [0.2, 0.25) is 5.91 Å². The van der Waals surface area contributed by atoms with Gasteiger partial charge in [-0.2, -0.15) is 5.10 Å². The van der Waals surface area contributed by atoms with E-state index in [0.29, 0.717) is 26.3 Å². The summed E-state index contributed by atoms with van der Waals surface area (Å²) in [6.07, 6.45) is 2.80. The summed E-state index contributed by atoms with van der Waals surface area (Å²) in [5.74, 6) is -0.803. The van der Waals surface area contributed by atoms with Crippen LogP contribution in [0.5, 0.6) is 0 Å². The number of carbonyl (C=O) groups excluding carboxylic acids is 1. The Balaban J connectivity index is 2.20. The van der Waals surface area contributed by atoms with E-state index in [-0.39, 0.29) is 11.8 Å². The van der Waals surface area contributed by atoms with Gasteiger partial charge in [-0.1, -0.05) is 0 Å². The molecule has 0 N–H and O–H groups in total. The number of rotatable bonds is 5. The molecule has 1 amide bonds. The average molecular weight is 315 g/mol. The molecule has 1 aliphatic rings. The number of carbonyl (C=O) groups is 1. The van der Waals surface area contributed by atoms with Gasteiger partial charge in [-0.25, -0.2) is 8.42 Å². The van der Waals surface area contributed by atoms with Crippen molar-refractivity contribution in [1.82, 2.24) is 14.7 Å². The van der Waals surface area contributed by atoms with Gasteiger partial charge in [0.05, 0.1) is 18.5 Å². The molecule has 0 unspecified atom stereocenters. The Morgan fingerprint density at radius 2 is 2.24 bits per heavy atom. The van der Waals surface area contributed by atoms with Gasteiger partial charge in [0, 0.05) is 44.5 Å². The molecule has 1 aliphatic heterocycles. The van der Waals surface area contributed by atoms with Crippen LogP contribution in [-0.2, 0) is 33.0 Å². The SMILES string of the molecule is CCOC[C@H]1CN(C(=O)CS(C)(=O)=O)Cc2cnn(C)c21. The molecule has 21 heavy (non-hydrogen) atoms. The lowest BCUT2D eigenvalue weighted by Gasteiger charge is -2.33. The number of hydrogen-bond acceptors (Lipinski definition) is 5. The first-order valence-electron chi connectivity index (χ1n) is 6.85. The number of nitrogens with zero attached hydrogens (tertiary/aromatic N) is 3. The molecule has 0 aromatic carbocycles. The Morgan fingerprint density at radius 3 is 2.86 bits per heavy atom. The Hall–Kier alpha value is -1.41. The first kappa shape index (κ1) is 16.0. The van der Waals surface area contributed by atoms with E-state index in [4.69, 9.17) is 4.74 Å². The van der Waals surface area contributed by atoms with E-state index < -0.39 is 15.6 Å². The summed E-state index contributed by atoms with van der Waals surface area (Å²) in [5, 5.41) is 4.23. The second kappa shape index (κ2) is 6.15. The molecule has 2 rings (SSSR count). The number of aromatic nitrogens is 2. The van der Waals surface area contributed by atoms with Crippen LogP contribution in [-0.4, -0.2) is 60.8 Å². The molecule has 1 aromatic heterocycles. The highest BCUT2D eigenvalue weighted by atomic mass is 32.2. The molecule has 8 heteroatoms. The summed E-state index contributed by atoms with van der Waals surface area (Å²) in [7, 11) is -1.46.